The highest BCUT2D eigenvalue weighted by atomic mass is 19.1. The Labute approximate surface area is 186 Å². The summed E-state index contributed by atoms with van der Waals surface area (Å²) in [6.45, 7) is 3.25. The fourth-order valence-electron chi connectivity index (χ4n) is 4.65. The Bertz CT molecular complexity index is 1070. The number of hydrogen-bond donors (Lipinski definition) is 1. The van der Waals surface area contributed by atoms with E-state index in [2.05, 4.69) is 4.98 Å². The summed E-state index contributed by atoms with van der Waals surface area (Å²) in [5, 5.41) is 0. The van der Waals surface area contributed by atoms with Gasteiger partial charge in [-0.1, -0.05) is 25.1 Å². The highest BCUT2D eigenvalue weighted by Gasteiger charge is 2.31. The number of fused-ring (bicyclic) bond motifs is 1. The SMILES string of the molecule is CCC(=O)N1CCc2c(nc([C@H]3CCCCN3C(=O)CCc3ccccc3F)[nH]c2=O)C1. The van der Waals surface area contributed by atoms with Gasteiger partial charge in [-0.2, -0.15) is 0 Å². The molecular formula is C24H29FN4O3. The summed E-state index contributed by atoms with van der Waals surface area (Å²) in [5.41, 5.74) is 1.59. The van der Waals surface area contributed by atoms with Crippen molar-refractivity contribution in [2.24, 2.45) is 0 Å². The van der Waals surface area contributed by atoms with E-state index in [0.29, 0.717) is 68.0 Å². The van der Waals surface area contributed by atoms with Crippen LogP contribution in [0.25, 0.3) is 0 Å². The Kier molecular flexibility index (Phi) is 6.67. The number of amides is 2. The zero-order valence-corrected chi connectivity index (χ0v) is 18.4. The lowest BCUT2D eigenvalue weighted by atomic mass is 9.99. The van der Waals surface area contributed by atoms with Crippen LogP contribution in [0.3, 0.4) is 0 Å². The number of aryl methyl sites for hydroxylation is 1. The first-order valence-corrected chi connectivity index (χ1v) is 11.4. The number of aromatic nitrogens is 2. The van der Waals surface area contributed by atoms with Crippen LogP contribution < -0.4 is 5.56 Å². The van der Waals surface area contributed by atoms with E-state index in [0.717, 1.165) is 12.8 Å². The summed E-state index contributed by atoms with van der Waals surface area (Å²) < 4.78 is 13.9. The summed E-state index contributed by atoms with van der Waals surface area (Å²) in [4.78, 5) is 49.1. The summed E-state index contributed by atoms with van der Waals surface area (Å²) in [5.74, 6) is 0.156. The zero-order valence-electron chi connectivity index (χ0n) is 18.4. The standard InChI is InChI=1S/C24H29FN4O3/c1-2-21(30)28-14-12-17-19(15-28)26-23(27-24(17)32)20-9-5-6-13-29(20)22(31)11-10-16-7-3-4-8-18(16)25/h3-4,7-8,20H,2,5-6,9-15H2,1H3,(H,26,27,32)/t20-/m1/s1. The van der Waals surface area contributed by atoms with E-state index in [1.54, 1.807) is 28.0 Å². The molecule has 32 heavy (non-hydrogen) atoms. The Morgan fingerprint density at radius 1 is 1.19 bits per heavy atom. The predicted molar refractivity (Wildman–Crippen MR) is 117 cm³/mol. The second kappa shape index (κ2) is 9.63. The summed E-state index contributed by atoms with van der Waals surface area (Å²) in [7, 11) is 0. The highest BCUT2D eigenvalue weighted by Crippen LogP contribution is 2.30. The number of aromatic amines is 1. The topological polar surface area (TPSA) is 86.4 Å². The molecule has 4 rings (SSSR count). The third-order valence-corrected chi connectivity index (χ3v) is 6.45. The van der Waals surface area contributed by atoms with Crippen molar-refractivity contribution in [3.63, 3.8) is 0 Å². The molecule has 2 aliphatic rings. The summed E-state index contributed by atoms with van der Waals surface area (Å²) >= 11 is 0. The second-order valence-electron chi connectivity index (χ2n) is 8.49. The van der Waals surface area contributed by atoms with Crippen LogP contribution in [-0.4, -0.2) is 44.7 Å². The van der Waals surface area contributed by atoms with Crippen LogP contribution >= 0.6 is 0 Å². The molecule has 7 nitrogen and oxygen atoms in total. The monoisotopic (exact) mass is 440 g/mol. The molecule has 0 aliphatic carbocycles. The minimum Gasteiger partial charge on any atom is -0.336 e. The Balaban J connectivity index is 1.54. The molecule has 170 valence electrons. The highest BCUT2D eigenvalue weighted by molar-refractivity contribution is 5.77. The van der Waals surface area contributed by atoms with E-state index in [4.69, 9.17) is 4.98 Å². The van der Waals surface area contributed by atoms with Crippen LogP contribution in [0, 0.1) is 5.82 Å². The van der Waals surface area contributed by atoms with Gasteiger partial charge in [0.25, 0.3) is 5.56 Å². The molecule has 0 unspecified atom stereocenters. The molecular weight excluding hydrogens is 411 g/mol. The van der Waals surface area contributed by atoms with Gasteiger partial charge >= 0.3 is 0 Å². The molecule has 3 heterocycles. The molecule has 2 aromatic rings. The third-order valence-electron chi connectivity index (χ3n) is 6.45. The van der Waals surface area contributed by atoms with Crippen LogP contribution in [0.15, 0.2) is 29.1 Å². The maximum absolute atomic E-state index is 13.9. The zero-order chi connectivity index (χ0) is 22.7. The maximum atomic E-state index is 13.9. The van der Waals surface area contributed by atoms with Crippen molar-refractivity contribution in [1.82, 2.24) is 19.8 Å². The number of rotatable bonds is 5. The number of H-pyrrole nitrogens is 1. The summed E-state index contributed by atoms with van der Waals surface area (Å²) in [6, 6.07) is 6.18. The number of carbonyl (C=O) groups is 2. The second-order valence-corrected chi connectivity index (χ2v) is 8.49. The Morgan fingerprint density at radius 2 is 2.00 bits per heavy atom. The van der Waals surface area contributed by atoms with E-state index in [9.17, 15) is 18.8 Å². The molecule has 1 atom stereocenters. The fourth-order valence-corrected chi connectivity index (χ4v) is 4.65. The number of halogens is 1. The molecule has 0 bridgehead atoms. The van der Waals surface area contributed by atoms with Crippen molar-refractivity contribution in [2.45, 2.75) is 64.5 Å². The Hall–Kier alpha value is -3.03. The van der Waals surface area contributed by atoms with Crippen LogP contribution in [0.1, 0.15) is 67.7 Å². The largest absolute Gasteiger partial charge is 0.336 e. The molecule has 8 heteroatoms. The normalized spacial score (nSPS) is 18.4. The number of carbonyl (C=O) groups excluding carboxylic acids is 2. The fraction of sp³-hybridized carbons (Fsp3) is 0.500. The van der Waals surface area contributed by atoms with Gasteiger partial charge < -0.3 is 14.8 Å². The Morgan fingerprint density at radius 3 is 2.78 bits per heavy atom. The molecule has 1 saturated heterocycles. The smallest absolute Gasteiger partial charge is 0.254 e. The molecule has 2 aliphatic heterocycles. The maximum Gasteiger partial charge on any atom is 0.254 e. The molecule has 0 radical (unpaired) electrons. The number of piperidine rings is 1. The quantitative estimate of drug-likeness (QED) is 0.775. The van der Waals surface area contributed by atoms with Crippen molar-refractivity contribution < 1.29 is 14.0 Å². The van der Waals surface area contributed by atoms with E-state index < -0.39 is 0 Å². The van der Waals surface area contributed by atoms with Crippen LogP contribution in [0.5, 0.6) is 0 Å². The lowest BCUT2D eigenvalue weighted by molar-refractivity contribution is -0.135. The van der Waals surface area contributed by atoms with E-state index in [-0.39, 0.29) is 35.7 Å². The van der Waals surface area contributed by atoms with Gasteiger partial charge in [-0.25, -0.2) is 9.37 Å². The van der Waals surface area contributed by atoms with Gasteiger partial charge in [0.15, 0.2) is 0 Å². The van der Waals surface area contributed by atoms with Gasteiger partial charge in [0.2, 0.25) is 11.8 Å². The average molecular weight is 441 g/mol. The minimum absolute atomic E-state index is 0.0434. The van der Waals surface area contributed by atoms with Gasteiger partial charge in [-0.15, -0.1) is 0 Å². The van der Waals surface area contributed by atoms with Crippen LogP contribution in [0.4, 0.5) is 4.39 Å². The molecule has 2 amide bonds. The molecule has 1 aromatic heterocycles. The lowest BCUT2D eigenvalue weighted by Crippen LogP contribution is -2.42. The van der Waals surface area contributed by atoms with Crippen molar-refractivity contribution in [3.8, 4) is 0 Å². The first-order chi connectivity index (χ1) is 15.5. The van der Waals surface area contributed by atoms with E-state index >= 15 is 0 Å². The number of likely N-dealkylation sites (tertiary alicyclic amines) is 1. The summed E-state index contributed by atoms with van der Waals surface area (Å²) in [6.07, 6.45) is 3.96. The first kappa shape index (κ1) is 22.2. The van der Waals surface area contributed by atoms with Gasteiger partial charge in [0.1, 0.15) is 11.6 Å². The first-order valence-electron chi connectivity index (χ1n) is 11.4. The lowest BCUT2D eigenvalue weighted by Gasteiger charge is -2.36. The average Bonchev–Trinajstić information content (AvgIpc) is 2.82. The molecule has 0 saturated carbocycles. The molecule has 0 spiro atoms. The number of nitrogens with one attached hydrogen (secondary N) is 1. The van der Waals surface area contributed by atoms with Crippen molar-refractivity contribution in [1.29, 1.82) is 0 Å². The minimum atomic E-state index is -0.313. The van der Waals surface area contributed by atoms with Crippen LogP contribution in [-0.2, 0) is 29.0 Å². The predicted octanol–water partition coefficient (Wildman–Crippen LogP) is 2.89. The molecule has 1 fully saturated rings. The van der Waals surface area contributed by atoms with Crippen molar-refractivity contribution in [3.05, 3.63) is 63.1 Å². The van der Waals surface area contributed by atoms with Crippen molar-refractivity contribution in [2.75, 3.05) is 13.1 Å². The number of nitrogens with zero attached hydrogens (tertiary/aromatic N) is 3. The van der Waals surface area contributed by atoms with Crippen LogP contribution in [0.2, 0.25) is 0 Å². The molecule has 1 aromatic carbocycles. The molecule has 1 N–H and O–H groups in total. The van der Waals surface area contributed by atoms with Gasteiger partial charge in [-0.05, 0) is 43.7 Å². The van der Waals surface area contributed by atoms with E-state index in [1.165, 1.54) is 6.07 Å². The van der Waals surface area contributed by atoms with Gasteiger partial charge in [0.05, 0.1) is 18.3 Å². The third kappa shape index (κ3) is 4.59. The number of hydrogen-bond acceptors (Lipinski definition) is 4. The number of benzene rings is 1. The van der Waals surface area contributed by atoms with Crippen molar-refractivity contribution >= 4 is 11.8 Å². The van der Waals surface area contributed by atoms with Gasteiger partial charge in [-0.3, -0.25) is 14.4 Å². The van der Waals surface area contributed by atoms with E-state index in [1.807, 2.05) is 6.92 Å². The van der Waals surface area contributed by atoms with Gasteiger partial charge in [0, 0.05) is 31.5 Å².